The van der Waals surface area contributed by atoms with Gasteiger partial charge in [-0.2, -0.15) is 0 Å². The third-order valence-corrected chi connectivity index (χ3v) is 5.08. The average molecular weight is 296 g/mol. The molecule has 0 aliphatic heterocycles. The Balaban J connectivity index is 1.98. The molecule has 0 spiro atoms. The molecule has 1 aliphatic carbocycles. The topological polar surface area (TPSA) is 26.3 Å². The lowest BCUT2D eigenvalue weighted by atomic mass is 9.96. The first-order valence-electron chi connectivity index (χ1n) is 8.43. The molecule has 0 unspecified atom stereocenters. The molecule has 0 amide bonds. The first kappa shape index (κ1) is 15.1. The van der Waals surface area contributed by atoms with Crippen LogP contribution in [-0.4, -0.2) is 11.6 Å². The van der Waals surface area contributed by atoms with Gasteiger partial charge in [-0.05, 0) is 60.9 Å². The molecule has 2 aromatic rings. The highest BCUT2D eigenvalue weighted by atomic mass is 16.6. The highest BCUT2D eigenvalue weighted by Crippen LogP contribution is 2.37. The monoisotopic (exact) mass is 296 g/mol. The second-order valence-corrected chi connectivity index (χ2v) is 6.30. The van der Waals surface area contributed by atoms with E-state index in [1.165, 1.54) is 5.56 Å². The van der Waals surface area contributed by atoms with Crippen molar-refractivity contribution >= 4 is 16.7 Å². The number of ether oxygens (including phenoxy) is 1. The summed E-state index contributed by atoms with van der Waals surface area (Å²) in [6, 6.07) is 12.1. The maximum atomic E-state index is 12.8. The van der Waals surface area contributed by atoms with E-state index in [4.69, 9.17) is 4.74 Å². The molecule has 116 valence electrons. The predicted molar refractivity (Wildman–Crippen MR) is 90.2 cm³/mol. The third kappa shape index (κ3) is 2.63. The van der Waals surface area contributed by atoms with E-state index in [9.17, 15) is 4.79 Å². The molecule has 0 aromatic heterocycles. The molecular formula is C20H24O2. The molecule has 0 radical (unpaired) electrons. The van der Waals surface area contributed by atoms with Gasteiger partial charge in [0.1, 0.15) is 5.60 Å². The second-order valence-electron chi connectivity index (χ2n) is 6.30. The van der Waals surface area contributed by atoms with Crippen LogP contribution >= 0.6 is 0 Å². The fraction of sp³-hybridized carbons (Fsp3) is 0.450. The van der Waals surface area contributed by atoms with Gasteiger partial charge in [0.25, 0.3) is 0 Å². The number of carbonyl (C=O) groups excluding carboxylic acids is 1. The summed E-state index contributed by atoms with van der Waals surface area (Å²) in [5.41, 5.74) is 1.74. The Bertz CT molecular complexity index is 681. The summed E-state index contributed by atoms with van der Waals surface area (Å²) in [6.07, 6.45) is 6.20. The summed E-state index contributed by atoms with van der Waals surface area (Å²) in [6.45, 7) is 4.27. The summed E-state index contributed by atoms with van der Waals surface area (Å²) in [7, 11) is 0. The van der Waals surface area contributed by atoms with Crippen LogP contribution in [0.2, 0.25) is 0 Å². The van der Waals surface area contributed by atoms with Crippen molar-refractivity contribution in [3.05, 3.63) is 47.5 Å². The first-order chi connectivity index (χ1) is 10.7. The van der Waals surface area contributed by atoms with Gasteiger partial charge in [0.2, 0.25) is 0 Å². The number of benzene rings is 2. The fourth-order valence-corrected chi connectivity index (χ4v) is 3.65. The Hall–Kier alpha value is -1.83. The molecular weight excluding hydrogens is 272 g/mol. The molecule has 22 heavy (non-hydrogen) atoms. The quantitative estimate of drug-likeness (QED) is 0.717. The van der Waals surface area contributed by atoms with Crippen LogP contribution in [0.15, 0.2) is 36.4 Å². The molecule has 3 rings (SSSR count). The van der Waals surface area contributed by atoms with Crippen LogP contribution in [0.4, 0.5) is 0 Å². The van der Waals surface area contributed by atoms with Crippen molar-refractivity contribution in [2.75, 3.05) is 0 Å². The molecule has 2 nitrogen and oxygen atoms in total. The van der Waals surface area contributed by atoms with Crippen LogP contribution in [0, 0.1) is 0 Å². The van der Waals surface area contributed by atoms with Gasteiger partial charge in [0.05, 0.1) is 5.56 Å². The van der Waals surface area contributed by atoms with Crippen molar-refractivity contribution in [2.45, 2.75) is 58.0 Å². The number of carbonyl (C=O) groups is 1. The van der Waals surface area contributed by atoms with Crippen LogP contribution in [0.1, 0.15) is 61.9 Å². The molecule has 1 fully saturated rings. The van der Waals surface area contributed by atoms with E-state index in [1.54, 1.807) is 0 Å². The number of esters is 1. The maximum absolute atomic E-state index is 12.8. The van der Waals surface area contributed by atoms with Crippen LogP contribution in [0.5, 0.6) is 0 Å². The lowest BCUT2D eigenvalue weighted by Crippen LogP contribution is -2.31. The summed E-state index contributed by atoms with van der Waals surface area (Å²) in [5.74, 6) is -0.164. The first-order valence-corrected chi connectivity index (χ1v) is 8.43. The Morgan fingerprint density at radius 2 is 1.73 bits per heavy atom. The van der Waals surface area contributed by atoms with E-state index >= 15 is 0 Å². The van der Waals surface area contributed by atoms with E-state index in [1.807, 2.05) is 24.3 Å². The molecule has 1 aliphatic rings. The molecule has 2 heteroatoms. The van der Waals surface area contributed by atoms with E-state index in [0.717, 1.165) is 49.3 Å². The second kappa shape index (κ2) is 6.12. The van der Waals surface area contributed by atoms with E-state index in [-0.39, 0.29) is 11.6 Å². The zero-order valence-corrected chi connectivity index (χ0v) is 13.5. The Kier molecular flexibility index (Phi) is 4.19. The van der Waals surface area contributed by atoms with Crippen LogP contribution in [0.3, 0.4) is 0 Å². The minimum Gasteiger partial charge on any atom is -0.455 e. The molecule has 0 bridgehead atoms. The van der Waals surface area contributed by atoms with Gasteiger partial charge in [-0.15, -0.1) is 0 Å². The molecule has 0 heterocycles. The van der Waals surface area contributed by atoms with Crippen molar-refractivity contribution < 1.29 is 9.53 Å². The molecule has 2 aromatic carbocycles. The Morgan fingerprint density at radius 1 is 1.05 bits per heavy atom. The van der Waals surface area contributed by atoms with Gasteiger partial charge < -0.3 is 4.74 Å². The lowest BCUT2D eigenvalue weighted by Gasteiger charge is -2.28. The van der Waals surface area contributed by atoms with Crippen molar-refractivity contribution in [3.8, 4) is 0 Å². The minimum absolute atomic E-state index is 0.164. The molecule has 0 atom stereocenters. The Morgan fingerprint density at radius 3 is 2.36 bits per heavy atom. The van der Waals surface area contributed by atoms with E-state index in [0.29, 0.717) is 5.56 Å². The number of fused-ring (bicyclic) bond motifs is 1. The lowest BCUT2D eigenvalue weighted by molar-refractivity contribution is -0.0170. The fourth-order valence-electron chi connectivity index (χ4n) is 3.65. The number of hydrogen-bond donors (Lipinski definition) is 0. The highest BCUT2D eigenvalue weighted by Gasteiger charge is 2.36. The predicted octanol–water partition coefficient (Wildman–Crippen LogP) is 5.28. The van der Waals surface area contributed by atoms with Gasteiger partial charge >= 0.3 is 5.97 Å². The molecule has 1 saturated carbocycles. The summed E-state index contributed by atoms with van der Waals surface area (Å²) in [5, 5.41) is 2.17. The smallest absolute Gasteiger partial charge is 0.339 e. The minimum atomic E-state index is -0.235. The average Bonchev–Trinajstić information content (AvgIpc) is 3.02. The largest absolute Gasteiger partial charge is 0.455 e. The summed E-state index contributed by atoms with van der Waals surface area (Å²) in [4.78, 5) is 12.8. The van der Waals surface area contributed by atoms with Crippen molar-refractivity contribution in [3.63, 3.8) is 0 Å². The van der Waals surface area contributed by atoms with Crippen LogP contribution < -0.4 is 0 Å². The molecule has 0 saturated heterocycles. The number of hydrogen-bond acceptors (Lipinski definition) is 2. The molecule has 0 N–H and O–H groups in total. The number of rotatable bonds is 4. The van der Waals surface area contributed by atoms with Gasteiger partial charge in [0.15, 0.2) is 0 Å². The zero-order chi connectivity index (χ0) is 15.6. The standard InChI is InChI=1S/C20H24O2/c1-3-15-11-12-18(17-10-6-5-9-16(15)17)19(21)22-20(4-2)13-7-8-14-20/h5-6,9-12H,3-4,7-8,13-14H2,1-2H3. The van der Waals surface area contributed by atoms with Gasteiger partial charge in [-0.25, -0.2) is 4.79 Å². The third-order valence-electron chi connectivity index (χ3n) is 5.08. The van der Waals surface area contributed by atoms with Crippen molar-refractivity contribution in [2.24, 2.45) is 0 Å². The van der Waals surface area contributed by atoms with Gasteiger partial charge in [0, 0.05) is 0 Å². The maximum Gasteiger partial charge on any atom is 0.339 e. The highest BCUT2D eigenvalue weighted by molar-refractivity contribution is 6.05. The SMILES string of the molecule is CCc1ccc(C(=O)OC2(CC)CCCC2)c2ccccc12. The summed E-state index contributed by atoms with van der Waals surface area (Å²) < 4.78 is 5.98. The van der Waals surface area contributed by atoms with Crippen LogP contribution in [-0.2, 0) is 11.2 Å². The van der Waals surface area contributed by atoms with Crippen molar-refractivity contribution in [1.82, 2.24) is 0 Å². The van der Waals surface area contributed by atoms with Crippen LogP contribution in [0.25, 0.3) is 10.8 Å². The number of aryl methyl sites for hydroxylation is 1. The van der Waals surface area contributed by atoms with Gasteiger partial charge in [-0.1, -0.05) is 44.2 Å². The summed E-state index contributed by atoms with van der Waals surface area (Å²) >= 11 is 0. The zero-order valence-electron chi connectivity index (χ0n) is 13.5. The normalized spacial score (nSPS) is 16.8. The van der Waals surface area contributed by atoms with Gasteiger partial charge in [-0.3, -0.25) is 0 Å². The van der Waals surface area contributed by atoms with E-state index < -0.39 is 0 Å². The van der Waals surface area contributed by atoms with E-state index in [2.05, 4.69) is 26.0 Å². The Labute approximate surface area is 132 Å². The van der Waals surface area contributed by atoms with Crippen molar-refractivity contribution in [1.29, 1.82) is 0 Å².